The average molecular weight is 355 g/mol. The molecule has 1 aliphatic carbocycles. The molecule has 3 aromatic rings. The number of aromatic nitrogens is 2. The summed E-state index contributed by atoms with van der Waals surface area (Å²) >= 11 is 2.88. The highest BCUT2D eigenvalue weighted by Crippen LogP contribution is 2.35. The highest BCUT2D eigenvalue weighted by Gasteiger charge is 2.22. The van der Waals surface area contributed by atoms with Gasteiger partial charge in [0.15, 0.2) is 5.16 Å². The molecule has 4 rings (SSSR count). The van der Waals surface area contributed by atoms with Gasteiger partial charge in [0.25, 0.3) is 5.56 Å². The van der Waals surface area contributed by atoms with Crippen LogP contribution in [-0.2, 0) is 17.6 Å². The third-order valence-corrected chi connectivity index (χ3v) is 6.21. The summed E-state index contributed by atoms with van der Waals surface area (Å²) in [7, 11) is 0. The lowest BCUT2D eigenvalue weighted by molar-refractivity contribution is 0.560. The monoisotopic (exact) mass is 355 g/mol. The maximum Gasteiger partial charge on any atom is 0.267 e. The predicted octanol–water partition coefficient (Wildman–Crippen LogP) is 3.53. The molecule has 1 radical (unpaired) electrons. The van der Waals surface area contributed by atoms with Crippen LogP contribution in [0.25, 0.3) is 15.9 Å². The zero-order valence-electron chi connectivity index (χ0n) is 12.9. The van der Waals surface area contributed by atoms with E-state index in [4.69, 9.17) is 4.98 Å². The Balaban J connectivity index is 2.01. The molecular formula is C18H15N2O2S2. The van der Waals surface area contributed by atoms with E-state index in [0.717, 1.165) is 35.2 Å². The van der Waals surface area contributed by atoms with E-state index < -0.39 is 0 Å². The highest BCUT2D eigenvalue weighted by atomic mass is 32.2. The van der Waals surface area contributed by atoms with Crippen molar-refractivity contribution in [1.29, 1.82) is 0 Å². The van der Waals surface area contributed by atoms with Crippen LogP contribution in [0, 0.1) is 0 Å². The molecule has 24 heavy (non-hydrogen) atoms. The molecule has 1 aliphatic rings. The van der Waals surface area contributed by atoms with Gasteiger partial charge in [-0.3, -0.25) is 14.2 Å². The summed E-state index contributed by atoms with van der Waals surface area (Å²) in [6.07, 6.45) is 6.16. The summed E-state index contributed by atoms with van der Waals surface area (Å²) in [5, 5.41) is 1.32. The normalized spacial score (nSPS) is 13.8. The minimum absolute atomic E-state index is 0.0287. The molecule has 2 aromatic heterocycles. The quantitative estimate of drug-likeness (QED) is 0.531. The average Bonchev–Trinajstić information content (AvgIpc) is 2.99. The Hall–Kier alpha value is -1.92. The third kappa shape index (κ3) is 2.59. The number of thioether (sulfide) groups is 1. The van der Waals surface area contributed by atoms with Crippen molar-refractivity contribution in [3.05, 3.63) is 51.1 Å². The molecule has 0 saturated heterocycles. The molecule has 0 N–H and O–H groups in total. The summed E-state index contributed by atoms with van der Waals surface area (Å²) in [5.74, 6) is 0.163. The van der Waals surface area contributed by atoms with Gasteiger partial charge in [-0.2, -0.15) is 0 Å². The molecule has 0 atom stereocenters. The number of fused-ring (bicyclic) bond motifs is 3. The Labute approximate surface area is 147 Å². The molecule has 4 nitrogen and oxygen atoms in total. The number of benzene rings is 1. The van der Waals surface area contributed by atoms with E-state index in [2.05, 4.69) is 0 Å². The second kappa shape index (κ2) is 6.53. The zero-order chi connectivity index (χ0) is 16.5. The lowest BCUT2D eigenvalue weighted by Gasteiger charge is -2.13. The molecular weight excluding hydrogens is 340 g/mol. The molecule has 0 unspecified atom stereocenters. The molecule has 0 saturated carbocycles. The second-order valence-electron chi connectivity index (χ2n) is 5.69. The molecule has 0 fully saturated rings. The smallest absolute Gasteiger partial charge is 0.267 e. The topological polar surface area (TPSA) is 52.0 Å². The predicted molar refractivity (Wildman–Crippen MR) is 98.3 cm³/mol. The van der Waals surface area contributed by atoms with Crippen LogP contribution < -0.4 is 5.56 Å². The van der Waals surface area contributed by atoms with Crippen LogP contribution in [-0.4, -0.2) is 21.6 Å². The largest absolute Gasteiger partial charge is 0.290 e. The third-order valence-electron chi connectivity index (χ3n) is 4.23. The Bertz CT molecular complexity index is 961. The minimum atomic E-state index is -0.0287. The Morgan fingerprint density at radius 1 is 1.21 bits per heavy atom. The van der Waals surface area contributed by atoms with Gasteiger partial charge in [-0.15, -0.1) is 11.3 Å². The zero-order valence-corrected chi connectivity index (χ0v) is 14.6. The van der Waals surface area contributed by atoms with Gasteiger partial charge in [-0.05, 0) is 43.4 Å². The van der Waals surface area contributed by atoms with Crippen LogP contribution in [0.1, 0.15) is 23.3 Å². The molecule has 2 heterocycles. The van der Waals surface area contributed by atoms with Gasteiger partial charge < -0.3 is 0 Å². The van der Waals surface area contributed by atoms with Crippen molar-refractivity contribution in [3.8, 4) is 5.69 Å². The molecule has 1 aromatic carbocycles. The summed E-state index contributed by atoms with van der Waals surface area (Å²) in [4.78, 5) is 30.8. The lowest BCUT2D eigenvalue weighted by atomic mass is 9.97. The molecule has 6 heteroatoms. The van der Waals surface area contributed by atoms with Crippen molar-refractivity contribution in [3.63, 3.8) is 0 Å². The number of aryl methyl sites for hydroxylation is 2. The highest BCUT2D eigenvalue weighted by molar-refractivity contribution is 7.99. The first-order valence-corrected chi connectivity index (χ1v) is 9.70. The summed E-state index contributed by atoms with van der Waals surface area (Å²) in [6, 6.07) is 9.49. The van der Waals surface area contributed by atoms with Gasteiger partial charge in [0.05, 0.1) is 16.8 Å². The molecule has 121 valence electrons. The van der Waals surface area contributed by atoms with Gasteiger partial charge in [0, 0.05) is 4.88 Å². The number of hydrogen-bond donors (Lipinski definition) is 0. The van der Waals surface area contributed by atoms with E-state index in [-0.39, 0.29) is 11.3 Å². The maximum absolute atomic E-state index is 13.3. The van der Waals surface area contributed by atoms with Gasteiger partial charge in [0.1, 0.15) is 4.83 Å². The second-order valence-corrected chi connectivity index (χ2v) is 7.72. The first-order chi connectivity index (χ1) is 11.8. The lowest BCUT2D eigenvalue weighted by Crippen LogP contribution is -2.22. The first-order valence-electron chi connectivity index (χ1n) is 7.90. The Kier molecular flexibility index (Phi) is 4.24. The van der Waals surface area contributed by atoms with Crippen molar-refractivity contribution in [2.45, 2.75) is 30.8 Å². The molecule has 0 aliphatic heterocycles. The maximum atomic E-state index is 13.3. The SMILES string of the molecule is O=[C]CSc1nc2sc3c(c2c(=O)n1-c1ccccc1)CCCC3. The van der Waals surface area contributed by atoms with E-state index in [1.807, 2.05) is 36.6 Å². The Morgan fingerprint density at radius 3 is 2.79 bits per heavy atom. The van der Waals surface area contributed by atoms with Gasteiger partial charge in [0.2, 0.25) is 6.29 Å². The van der Waals surface area contributed by atoms with Gasteiger partial charge in [-0.1, -0.05) is 30.0 Å². The first kappa shape index (κ1) is 15.6. The van der Waals surface area contributed by atoms with Crippen LogP contribution in [0.15, 0.2) is 40.3 Å². The van der Waals surface area contributed by atoms with E-state index in [1.165, 1.54) is 28.6 Å². The number of thiophene rings is 1. The van der Waals surface area contributed by atoms with Gasteiger partial charge >= 0.3 is 0 Å². The summed E-state index contributed by atoms with van der Waals surface area (Å²) < 4.78 is 1.63. The fourth-order valence-electron chi connectivity index (χ4n) is 3.18. The standard InChI is InChI=1S/C18H15N2O2S2/c21-10-11-23-18-19-16-15(13-8-4-5-9-14(13)24-16)17(22)20(18)12-6-2-1-3-7-12/h1-3,6-7H,4-5,8-9,11H2. The fraction of sp³-hybridized carbons (Fsp3) is 0.278. The van der Waals surface area contributed by atoms with Crippen molar-refractivity contribution in [2.75, 3.05) is 5.75 Å². The van der Waals surface area contributed by atoms with E-state index in [0.29, 0.717) is 5.16 Å². The van der Waals surface area contributed by atoms with Crippen molar-refractivity contribution < 1.29 is 4.79 Å². The number of para-hydroxylation sites is 1. The van der Waals surface area contributed by atoms with Crippen molar-refractivity contribution in [1.82, 2.24) is 9.55 Å². The van der Waals surface area contributed by atoms with E-state index in [9.17, 15) is 9.59 Å². The number of hydrogen-bond acceptors (Lipinski definition) is 5. The number of nitrogens with zero attached hydrogens (tertiary/aromatic N) is 2. The van der Waals surface area contributed by atoms with Crippen LogP contribution in [0.3, 0.4) is 0 Å². The van der Waals surface area contributed by atoms with Crippen molar-refractivity contribution in [2.24, 2.45) is 0 Å². The summed E-state index contributed by atoms with van der Waals surface area (Å²) in [6.45, 7) is 0. The number of rotatable bonds is 4. The molecule has 0 bridgehead atoms. The molecule has 0 amide bonds. The van der Waals surface area contributed by atoms with Crippen LogP contribution >= 0.6 is 23.1 Å². The fourth-order valence-corrected chi connectivity index (χ4v) is 5.15. The van der Waals surface area contributed by atoms with E-state index >= 15 is 0 Å². The van der Waals surface area contributed by atoms with Gasteiger partial charge in [-0.25, -0.2) is 4.98 Å². The number of carbonyl (C=O) groups excluding carboxylic acids is 1. The van der Waals surface area contributed by atoms with E-state index in [1.54, 1.807) is 15.9 Å². The minimum Gasteiger partial charge on any atom is -0.290 e. The van der Waals surface area contributed by atoms with Crippen LogP contribution in [0.5, 0.6) is 0 Å². The summed E-state index contributed by atoms with van der Waals surface area (Å²) in [5.41, 5.74) is 1.93. The van der Waals surface area contributed by atoms with Crippen LogP contribution in [0.4, 0.5) is 0 Å². The van der Waals surface area contributed by atoms with Crippen molar-refractivity contribution >= 4 is 39.6 Å². The Morgan fingerprint density at radius 2 is 2.00 bits per heavy atom. The van der Waals surface area contributed by atoms with Crippen LogP contribution in [0.2, 0.25) is 0 Å². The molecule has 0 spiro atoms.